The Hall–Kier alpha value is -3.67. The van der Waals surface area contributed by atoms with Gasteiger partial charge in [0.25, 0.3) is 0 Å². The van der Waals surface area contributed by atoms with Crippen molar-refractivity contribution in [3.05, 3.63) is 72.9 Å². The Morgan fingerprint density at radius 2 is 1.81 bits per heavy atom. The summed E-state index contributed by atoms with van der Waals surface area (Å²) in [6, 6.07) is 14.2. The number of H-pyrrole nitrogens is 1. The second kappa shape index (κ2) is 5.70. The number of pyridine rings is 1. The number of benzene rings is 1. The van der Waals surface area contributed by atoms with Crippen molar-refractivity contribution in [2.24, 2.45) is 0 Å². The fourth-order valence-corrected chi connectivity index (χ4v) is 3.32. The summed E-state index contributed by atoms with van der Waals surface area (Å²) < 4.78 is 2.12. The van der Waals surface area contributed by atoms with Gasteiger partial charge in [-0.25, -0.2) is 15.0 Å². The number of nitrogens with zero attached hydrogens (tertiary/aromatic N) is 4. The summed E-state index contributed by atoms with van der Waals surface area (Å²) in [5, 5.41) is 3.43. The van der Waals surface area contributed by atoms with Crippen LogP contribution in [0.2, 0.25) is 0 Å². The van der Waals surface area contributed by atoms with Crippen LogP contribution in [0.5, 0.6) is 0 Å². The number of aromatic nitrogens is 5. The molecule has 4 aromatic heterocycles. The normalized spacial score (nSPS) is 11.4. The molecule has 0 bridgehead atoms. The molecule has 126 valence electrons. The van der Waals surface area contributed by atoms with E-state index in [1.54, 1.807) is 6.20 Å². The molecule has 0 aliphatic heterocycles. The third-order valence-electron chi connectivity index (χ3n) is 4.47. The van der Waals surface area contributed by atoms with E-state index in [-0.39, 0.29) is 5.95 Å². The average Bonchev–Trinajstić information content (AvgIpc) is 3.24. The second-order valence-corrected chi connectivity index (χ2v) is 6.26. The van der Waals surface area contributed by atoms with Gasteiger partial charge in [-0.15, -0.1) is 0 Å². The highest BCUT2D eigenvalue weighted by atomic mass is 15.0. The van der Waals surface area contributed by atoms with Crippen molar-refractivity contribution in [2.75, 3.05) is 5.73 Å². The van der Waals surface area contributed by atoms with Gasteiger partial charge in [0, 0.05) is 35.7 Å². The van der Waals surface area contributed by atoms with Crippen LogP contribution in [0.25, 0.3) is 33.1 Å². The average molecular weight is 340 g/mol. The van der Waals surface area contributed by atoms with E-state index in [2.05, 4.69) is 49.0 Å². The molecule has 5 aromatic rings. The SMILES string of the molecule is Nc1nc(Cn2cc3ccccc3c2)cc(-c2c[nH]c3ncccc23)n1. The molecule has 0 fully saturated rings. The Morgan fingerprint density at radius 1 is 1.00 bits per heavy atom. The molecule has 6 heteroatoms. The predicted molar refractivity (Wildman–Crippen MR) is 103 cm³/mol. The van der Waals surface area contributed by atoms with Crippen molar-refractivity contribution in [3.63, 3.8) is 0 Å². The molecule has 0 aliphatic rings. The quantitative estimate of drug-likeness (QED) is 0.525. The number of nitrogens with two attached hydrogens (primary N) is 1. The minimum atomic E-state index is 0.271. The van der Waals surface area contributed by atoms with E-state index in [0.29, 0.717) is 6.54 Å². The minimum Gasteiger partial charge on any atom is -0.368 e. The smallest absolute Gasteiger partial charge is 0.220 e. The number of nitrogen functional groups attached to an aromatic ring is 1. The number of hydrogen-bond donors (Lipinski definition) is 2. The number of anilines is 1. The van der Waals surface area contributed by atoms with Crippen LogP contribution in [0.15, 0.2) is 67.3 Å². The lowest BCUT2D eigenvalue weighted by atomic mass is 10.1. The molecule has 6 nitrogen and oxygen atoms in total. The molecule has 4 heterocycles. The van der Waals surface area contributed by atoms with Gasteiger partial charge in [0.15, 0.2) is 0 Å². The zero-order valence-electron chi connectivity index (χ0n) is 13.9. The van der Waals surface area contributed by atoms with Crippen LogP contribution in [0.4, 0.5) is 5.95 Å². The molecule has 0 atom stereocenters. The van der Waals surface area contributed by atoms with Crippen molar-refractivity contribution in [2.45, 2.75) is 6.54 Å². The molecule has 0 saturated heterocycles. The van der Waals surface area contributed by atoms with Crippen molar-refractivity contribution < 1.29 is 0 Å². The fraction of sp³-hybridized carbons (Fsp3) is 0.0500. The van der Waals surface area contributed by atoms with Gasteiger partial charge < -0.3 is 15.3 Å². The lowest BCUT2D eigenvalue weighted by molar-refractivity contribution is 0.782. The van der Waals surface area contributed by atoms with Crippen molar-refractivity contribution in [1.82, 2.24) is 24.5 Å². The van der Waals surface area contributed by atoms with Crippen LogP contribution < -0.4 is 5.73 Å². The monoisotopic (exact) mass is 340 g/mol. The van der Waals surface area contributed by atoms with Crippen molar-refractivity contribution >= 4 is 27.8 Å². The standard InChI is InChI=1S/C20H16N6/c21-20-24-15(12-26-10-13-4-1-2-5-14(13)11-26)8-18(25-20)17-9-23-19-16(17)6-3-7-22-19/h1-11H,12H2,(H,22,23)(H2,21,24,25). The highest BCUT2D eigenvalue weighted by Crippen LogP contribution is 2.27. The number of rotatable bonds is 3. The Morgan fingerprint density at radius 3 is 2.62 bits per heavy atom. The first kappa shape index (κ1) is 14.7. The molecule has 1 aromatic carbocycles. The highest BCUT2D eigenvalue weighted by Gasteiger charge is 2.11. The fourth-order valence-electron chi connectivity index (χ4n) is 3.32. The van der Waals surface area contributed by atoms with E-state index in [1.807, 2.05) is 36.5 Å². The Kier molecular flexibility index (Phi) is 3.21. The van der Waals surface area contributed by atoms with Crippen LogP contribution in [0, 0.1) is 0 Å². The van der Waals surface area contributed by atoms with Crippen LogP contribution in [-0.4, -0.2) is 24.5 Å². The molecule has 0 saturated carbocycles. The molecule has 0 unspecified atom stereocenters. The zero-order chi connectivity index (χ0) is 17.5. The van der Waals surface area contributed by atoms with Crippen molar-refractivity contribution in [3.8, 4) is 11.3 Å². The summed E-state index contributed by atoms with van der Waals surface area (Å²) in [6.07, 6.45) is 7.90. The van der Waals surface area contributed by atoms with Crippen LogP contribution in [0.3, 0.4) is 0 Å². The van der Waals surface area contributed by atoms with Crippen LogP contribution in [-0.2, 0) is 6.54 Å². The van der Waals surface area contributed by atoms with Gasteiger partial charge in [-0.05, 0) is 29.0 Å². The van der Waals surface area contributed by atoms with Gasteiger partial charge in [0.1, 0.15) is 5.65 Å². The summed E-state index contributed by atoms with van der Waals surface area (Å²) in [5.41, 5.74) is 9.45. The van der Waals surface area contributed by atoms with E-state index in [0.717, 1.165) is 28.0 Å². The van der Waals surface area contributed by atoms with E-state index in [9.17, 15) is 0 Å². The topological polar surface area (TPSA) is 85.4 Å². The van der Waals surface area contributed by atoms with Gasteiger partial charge in [0.05, 0.1) is 17.9 Å². The lowest BCUT2D eigenvalue weighted by Gasteiger charge is -2.06. The summed E-state index contributed by atoms with van der Waals surface area (Å²) in [7, 11) is 0. The van der Waals surface area contributed by atoms with Gasteiger partial charge in [0.2, 0.25) is 5.95 Å². The van der Waals surface area contributed by atoms with Gasteiger partial charge in [-0.1, -0.05) is 24.3 Å². The van der Waals surface area contributed by atoms with Gasteiger partial charge in [-0.3, -0.25) is 0 Å². The number of nitrogens with one attached hydrogen (secondary N) is 1. The van der Waals surface area contributed by atoms with Gasteiger partial charge >= 0.3 is 0 Å². The summed E-state index contributed by atoms with van der Waals surface area (Å²) in [4.78, 5) is 16.3. The number of fused-ring (bicyclic) bond motifs is 2. The summed E-state index contributed by atoms with van der Waals surface area (Å²) >= 11 is 0. The minimum absolute atomic E-state index is 0.271. The predicted octanol–water partition coefficient (Wildman–Crippen LogP) is 3.61. The molecular formula is C20H16N6. The molecular weight excluding hydrogens is 324 g/mol. The van der Waals surface area contributed by atoms with E-state index < -0.39 is 0 Å². The number of aromatic amines is 1. The molecule has 0 spiro atoms. The van der Waals surface area contributed by atoms with Crippen LogP contribution in [0.1, 0.15) is 5.69 Å². The second-order valence-electron chi connectivity index (χ2n) is 6.26. The first-order valence-corrected chi connectivity index (χ1v) is 8.37. The largest absolute Gasteiger partial charge is 0.368 e. The van der Waals surface area contributed by atoms with Crippen LogP contribution >= 0.6 is 0 Å². The third kappa shape index (κ3) is 2.48. The highest BCUT2D eigenvalue weighted by molar-refractivity contribution is 5.92. The molecule has 0 radical (unpaired) electrons. The number of hydrogen-bond acceptors (Lipinski definition) is 4. The zero-order valence-corrected chi connectivity index (χ0v) is 13.9. The molecule has 26 heavy (non-hydrogen) atoms. The maximum Gasteiger partial charge on any atom is 0.220 e. The first-order valence-electron chi connectivity index (χ1n) is 8.37. The summed E-state index contributed by atoms with van der Waals surface area (Å²) in [5.74, 6) is 0.271. The molecule has 3 N–H and O–H groups in total. The molecule has 0 aliphatic carbocycles. The maximum absolute atomic E-state index is 5.98. The Labute approximate surface area is 149 Å². The van der Waals surface area contributed by atoms with Crippen molar-refractivity contribution in [1.29, 1.82) is 0 Å². The van der Waals surface area contributed by atoms with Gasteiger partial charge in [-0.2, -0.15) is 0 Å². The Bertz CT molecular complexity index is 1200. The Balaban J connectivity index is 1.56. The van der Waals surface area contributed by atoms with E-state index >= 15 is 0 Å². The first-order chi connectivity index (χ1) is 12.8. The summed E-state index contributed by atoms with van der Waals surface area (Å²) in [6.45, 7) is 0.634. The maximum atomic E-state index is 5.98. The lowest BCUT2D eigenvalue weighted by Crippen LogP contribution is -2.04. The van der Waals surface area contributed by atoms with E-state index in [1.165, 1.54) is 10.8 Å². The third-order valence-corrected chi connectivity index (χ3v) is 4.47. The molecule has 0 amide bonds. The van der Waals surface area contributed by atoms with E-state index in [4.69, 9.17) is 5.73 Å². The molecule has 5 rings (SSSR count).